The van der Waals surface area contributed by atoms with Gasteiger partial charge in [0, 0.05) is 19.5 Å². The highest BCUT2D eigenvalue weighted by Gasteiger charge is 2.32. The number of carboxylic acids is 1. The van der Waals surface area contributed by atoms with Gasteiger partial charge in [-0.05, 0) is 18.6 Å². The minimum Gasteiger partial charge on any atom is -0.481 e. The third-order valence-electron chi connectivity index (χ3n) is 3.56. The number of carbonyl (C=O) groups excluding carboxylic acids is 2. The van der Waals surface area contributed by atoms with E-state index in [4.69, 9.17) is 9.84 Å². The number of ether oxygens (including phenoxy) is 1. The van der Waals surface area contributed by atoms with Crippen LogP contribution < -0.4 is 15.0 Å². The van der Waals surface area contributed by atoms with Gasteiger partial charge in [-0.3, -0.25) is 14.4 Å². The summed E-state index contributed by atoms with van der Waals surface area (Å²) in [4.78, 5) is 36.2. The van der Waals surface area contributed by atoms with Crippen LogP contribution in [0, 0.1) is 0 Å². The predicted octanol–water partition coefficient (Wildman–Crippen LogP) is 1.17. The third-order valence-corrected chi connectivity index (χ3v) is 3.56. The number of nitrogens with one attached hydrogen (secondary N) is 1. The number of para-hydroxylation sites is 2. The van der Waals surface area contributed by atoms with Crippen LogP contribution in [0.1, 0.15) is 26.2 Å². The van der Waals surface area contributed by atoms with Crippen LogP contribution in [0.15, 0.2) is 24.3 Å². The van der Waals surface area contributed by atoms with Crippen molar-refractivity contribution in [1.29, 1.82) is 0 Å². The number of amides is 2. The average Bonchev–Trinajstić information content (AvgIpc) is 2.53. The van der Waals surface area contributed by atoms with E-state index in [9.17, 15) is 14.4 Å². The van der Waals surface area contributed by atoms with Crippen molar-refractivity contribution in [3.05, 3.63) is 24.3 Å². The van der Waals surface area contributed by atoms with Gasteiger partial charge in [-0.2, -0.15) is 0 Å². The van der Waals surface area contributed by atoms with Crippen LogP contribution >= 0.6 is 0 Å². The van der Waals surface area contributed by atoms with Gasteiger partial charge in [-0.25, -0.2) is 0 Å². The van der Waals surface area contributed by atoms with Gasteiger partial charge in [-0.15, -0.1) is 0 Å². The largest absolute Gasteiger partial charge is 0.481 e. The lowest BCUT2D eigenvalue weighted by atomic mass is 10.1. The van der Waals surface area contributed by atoms with Crippen LogP contribution in [0.4, 0.5) is 5.69 Å². The number of hydrogen-bond acceptors (Lipinski definition) is 4. The van der Waals surface area contributed by atoms with Gasteiger partial charge < -0.3 is 20.1 Å². The summed E-state index contributed by atoms with van der Waals surface area (Å²) >= 11 is 0. The Balaban J connectivity index is 1.99. The lowest BCUT2D eigenvalue weighted by Crippen LogP contribution is -2.46. The Morgan fingerprint density at radius 2 is 2.04 bits per heavy atom. The highest BCUT2D eigenvalue weighted by molar-refractivity contribution is 6.00. The van der Waals surface area contributed by atoms with Gasteiger partial charge in [0.1, 0.15) is 5.75 Å². The summed E-state index contributed by atoms with van der Waals surface area (Å²) in [6, 6.07) is 7.21. The standard InChI is InChI=1S/C16H20N2O5/c1-2-12-16(22)18(11-5-3-4-6-13(11)23-12)10-8-14(19)17-9-7-15(20)21/h3-6,12H,2,7-10H2,1H3,(H,17,19)(H,20,21)/t12-/m0/s1. The van der Waals surface area contributed by atoms with Gasteiger partial charge in [0.05, 0.1) is 12.1 Å². The van der Waals surface area contributed by atoms with E-state index in [1.54, 1.807) is 17.0 Å². The molecule has 0 saturated carbocycles. The molecule has 0 bridgehead atoms. The summed E-state index contributed by atoms with van der Waals surface area (Å²) in [6.45, 7) is 2.18. The van der Waals surface area contributed by atoms with Crippen LogP contribution in [-0.4, -0.2) is 42.1 Å². The molecule has 1 aromatic rings. The molecule has 2 N–H and O–H groups in total. The van der Waals surface area contributed by atoms with E-state index in [2.05, 4.69) is 5.32 Å². The first-order valence-corrected chi connectivity index (χ1v) is 7.58. The summed E-state index contributed by atoms with van der Waals surface area (Å²) in [6.07, 6.45) is -0.00640. The van der Waals surface area contributed by atoms with Gasteiger partial charge in [0.25, 0.3) is 5.91 Å². The normalized spacial score (nSPS) is 16.5. The van der Waals surface area contributed by atoms with Crippen molar-refractivity contribution in [2.24, 2.45) is 0 Å². The van der Waals surface area contributed by atoms with Gasteiger partial charge in [0.15, 0.2) is 6.10 Å². The Labute approximate surface area is 134 Å². The maximum absolute atomic E-state index is 12.4. The molecule has 0 unspecified atom stereocenters. The zero-order chi connectivity index (χ0) is 16.8. The van der Waals surface area contributed by atoms with Crippen molar-refractivity contribution in [3.8, 4) is 5.75 Å². The third kappa shape index (κ3) is 4.21. The van der Waals surface area contributed by atoms with Crippen molar-refractivity contribution in [2.75, 3.05) is 18.0 Å². The summed E-state index contributed by atoms with van der Waals surface area (Å²) in [5.74, 6) is -0.779. The first kappa shape index (κ1) is 16.8. The molecule has 0 saturated heterocycles. The number of aliphatic carboxylic acids is 1. The molecule has 2 amide bonds. The lowest BCUT2D eigenvalue weighted by Gasteiger charge is -2.33. The topological polar surface area (TPSA) is 95.9 Å². The molecule has 2 rings (SSSR count). The van der Waals surface area contributed by atoms with Crippen molar-refractivity contribution >= 4 is 23.5 Å². The van der Waals surface area contributed by atoms with E-state index < -0.39 is 12.1 Å². The molecule has 1 aliphatic rings. The van der Waals surface area contributed by atoms with E-state index in [1.807, 2.05) is 19.1 Å². The number of carbonyl (C=O) groups is 3. The minimum absolute atomic E-state index is 0.0827. The van der Waals surface area contributed by atoms with Crippen molar-refractivity contribution < 1.29 is 24.2 Å². The van der Waals surface area contributed by atoms with Crippen LogP contribution in [0.25, 0.3) is 0 Å². The van der Waals surface area contributed by atoms with Gasteiger partial charge in [-0.1, -0.05) is 19.1 Å². The molecule has 1 heterocycles. The molecule has 1 aliphatic heterocycles. The zero-order valence-electron chi connectivity index (χ0n) is 12.9. The fourth-order valence-electron chi connectivity index (χ4n) is 2.38. The number of fused-ring (bicyclic) bond motifs is 1. The summed E-state index contributed by atoms with van der Waals surface area (Å²) < 4.78 is 5.66. The maximum atomic E-state index is 12.4. The highest BCUT2D eigenvalue weighted by Crippen LogP contribution is 2.34. The smallest absolute Gasteiger partial charge is 0.305 e. The second-order valence-electron chi connectivity index (χ2n) is 5.22. The molecule has 7 heteroatoms. The number of hydrogen-bond donors (Lipinski definition) is 2. The van der Waals surface area contributed by atoms with Crippen LogP contribution in [-0.2, 0) is 14.4 Å². The average molecular weight is 320 g/mol. The molecule has 0 radical (unpaired) electrons. The fraction of sp³-hybridized carbons (Fsp3) is 0.438. The monoisotopic (exact) mass is 320 g/mol. The molecular formula is C16H20N2O5. The maximum Gasteiger partial charge on any atom is 0.305 e. The molecule has 23 heavy (non-hydrogen) atoms. The van der Waals surface area contributed by atoms with Gasteiger partial charge >= 0.3 is 5.97 Å². The van der Waals surface area contributed by atoms with Crippen LogP contribution in [0.3, 0.4) is 0 Å². The quantitative estimate of drug-likeness (QED) is 0.786. The van der Waals surface area contributed by atoms with E-state index in [0.717, 1.165) is 0 Å². The Kier molecular flexibility index (Phi) is 5.56. The predicted molar refractivity (Wildman–Crippen MR) is 83.4 cm³/mol. The van der Waals surface area contributed by atoms with Crippen LogP contribution in [0.2, 0.25) is 0 Å². The molecular weight excluding hydrogens is 300 g/mol. The summed E-state index contributed by atoms with van der Waals surface area (Å²) in [5.41, 5.74) is 0.653. The molecule has 0 fully saturated rings. The first-order valence-electron chi connectivity index (χ1n) is 7.58. The van der Waals surface area contributed by atoms with E-state index in [1.165, 1.54) is 0 Å². The first-order chi connectivity index (χ1) is 11.0. The van der Waals surface area contributed by atoms with Crippen molar-refractivity contribution in [2.45, 2.75) is 32.3 Å². The van der Waals surface area contributed by atoms with Crippen molar-refractivity contribution in [3.63, 3.8) is 0 Å². The number of anilines is 1. The van der Waals surface area contributed by atoms with Crippen LogP contribution in [0.5, 0.6) is 5.75 Å². The Morgan fingerprint density at radius 1 is 1.30 bits per heavy atom. The second-order valence-corrected chi connectivity index (χ2v) is 5.22. The highest BCUT2D eigenvalue weighted by atomic mass is 16.5. The molecule has 0 aromatic heterocycles. The fourth-order valence-corrected chi connectivity index (χ4v) is 2.38. The van der Waals surface area contributed by atoms with Gasteiger partial charge in [0.2, 0.25) is 5.91 Å². The van der Waals surface area contributed by atoms with E-state index in [-0.39, 0.29) is 37.7 Å². The summed E-state index contributed by atoms with van der Waals surface area (Å²) in [7, 11) is 0. The molecule has 1 aromatic carbocycles. The van der Waals surface area contributed by atoms with E-state index >= 15 is 0 Å². The number of carboxylic acid groups (broad SMARTS) is 1. The Bertz CT molecular complexity index is 602. The minimum atomic E-state index is -0.964. The Morgan fingerprint density at radius 3 is 2.74 bits per heavy atom. The SMILES string of the molecule is CC[C@@H]1Oc2ccccc2N(CCC(=O)NCCC(=O)O)C1=O. The Hall–Kier alpha value is -2.57. The van der Waals surface area contributed by atoms with E-state index in [0.29, 0.717) is 17.9 Å². The molecule has 1 atom stereocenters. The number of nitrogens with zero attached hydrogens (tertiary/aromatic N) is 1. The molecule has 0 spiro atoms. The molecule has 124 valence electrons. The zero-order valence-corrected chi connectivity index (χ0v) is 12.9. The molecule has 0 aliphatic carbocycles. The number of benzene rings is 1. The number of rotatable bonds is 7. The summed E-state index contributed by atoms with van der Waals surface area (Å²) in [5, 5.41) is 11.1. The lowest BCUT2D eigenvalue weighted by molar-refractivity contribution is -0.137. The second kappa shape index (κ2) is 7.62. The molecule has 7 nitrogen and oxygen atoms in total. The van der Waals surface area contributed by atoms with Crippen molar-refractivity contribution in [1.82, 2.24) is 5.32 Å².